The molecule has 2 aromatic heterocycles. The zero-order valence-corrected chi connectivity index (χ0v) is 11.5. The molecule has 0 aliphatic carbocycles. The van der Waals surface area contributed by atoms with Crippen molar-refractivity contribution in [2.45, 2.75) is 12.1 Å². The number of carbonyl (C=O) groups is 2. The highest BCUT2D eigenvalue weighted by Gasteiger charge is 2.13. The van der Waals surface area contributed by atoms with Crippen molar-refractivity contribution in [2.24, 2.45) is 5.73 Å². The van der Waals surface area contributed by atoms with Crippen LogP contribution in [0.5, 0.6) is 0 Å². The maximum absolute atomic E-state index is 11.7. The topological polar surface area (TPSA) is 111 Å². The lowest BCUT2D eigenvalue weighted by atomic mass is 10.3. The van der Waals surface area contributed by atoms with Crippen LogP contribution in [0.1, 0.15) is 16.2 Å². The number of amides is 2. The van der Waals surface area contributed by atoms with E-state index >= 15 is 0 Å². The number of nitrogens with zero attached hydrogens (tertiary/aromatic N) is 2. The number of rotatable bonds is 5. The molecular formula is C10H10N4O3S2. The maximum Gasteiger partial charge on any atom is 0.277 e. The van der Waals surface area contributed by atoms with Gasteiger partial charge in [0.05, 0.1) is 11.3 Å². The molecule has 0 aliphatic rings. The molecule has 3 N–H and O–H groups in total. The molecule has 0 aromatic carbocycles. The van der Waals surface area contributed by atoms with Crippen molar-refractivity contribution in [1.82, 2.24) is 10.2 Å². The van der Waals surface area contributed by atoms with E-state index in [0.717, 1.165) is 11.8 Å². The van der Waals surface area contributed by atoms with Gasteiger partial charge in [0.25, 0.3) is 11.1 Å². The summed E-state index contributed by atoms with van der Waals surface area (Å²) in [5.74, 6) is -0.294. The van der Waals surface area contributed by atoms with Crippen molar-refractivity contribution < 1.29 is 14.0 Å². The summed E-state index contributed by atoms with van der Waals surface area (Å²) in [5, 5.41) is 12.5. The van der Waals surface area contributed by atoms with Crippen LogP contribution in [0.3, 0.4) is 0 Å². The number of hydrogen-bond donors (Lipinski definition) is 2. The summed E-state index contributed by atoms with van der Waals surface area (Å²) in [6, 6.07) is 1.57. The lowest BCUT2D eigenvalue weighted by Crippen LogP contribution is -2.17. The number of aromatic nitrogens is 2. The van der Waals surface area contributed by atoms with Gasteiger partial charge < -0.3 is 15.5 Å². The molecule has 100 valence electrons. The first-order valence-corrected chi connectivity index (χ1v) is 7.03. The number of anilines is 1. The minimum atomic E-state index is -0.572. The van der Waals surface area contributed by atoms with Gasteiger partial charge in [0.15, 0.2) is 0 Å². The first kappa shape index (κ1) is 13.6. The minimum absolute atomic E-state index is 0.109. The molecule has 0 atom stereocenters. The summed E-state index contributed by atoms with van der Waals surface area (Å²) < 4.78 is 5.12. The molecule has 0 fully saturated rings. The highest BCUT2D eigenvalue weighted by Crippen LogP contribution is 2.23. The van der Waals surface area contributed by atoms with Crippen molar-refractivity contribution in [3.05, 3.63) is 22.9 Å². The Balaban J connectivity index is 1.90. The van der Waals surface area contributed by atoms with E-state index in [1.165, 1.54) is 11.3 Å². The number of hydrogen-bond acceptors (Lipinski definition) is 7. The quantitative estimate of drug-likeness (QED) is 0.804. The largest absolute Gasteiger partial charge is 0.416 e. The summed E-state index contributed by atoms with van der Waals surface area (Å²) in [6.07, 6.45) is 0. The minimum Gasteiger partial charge on any atom is -0.416 e. The van der Waals surface area contributed by atoms with Crippen LogP contribution in [0.4, 0.5) is 5.00 Å². The summed E-state index contributed by atoms with van der Waals surface area (Å²) in [5.41, 5.74) is 5.48. The lowest BCUT2D eigenvalue weighted by Gasteiger charge is -2.02. The van der Waals surface area contributed by atoms with E-state index in [1.54, 1.807) is 18.4 Å². The van der Waals surface area contributed by atoms with Crippen molar-refractivity contribution in [3.63, 3.8) is 0 Å². The smallest absolute Gasteiger partial charge is 0.277 e. The number of nitrogens with two attached hydrogens (primary N) is 1. The lowest BCUT2D eigenvalue weighted by molar-refractivity contribution is -0.113. The first-order valence-electron chi connectivity index (χ1n) is 5.16. The zero-order valence-electron chi connectivity index (χ0n) is 9.87. The average molecular weight is 298 g/mol. The Kier molecular flexibility index (Phi) is 4.17. The average Bonchev–Trinajstić information content (AvgIpc) is 2.95. The Morgan fingerprint density at radius 3 is 2.95 bits per heavy atom. The molecule has 2 aromatic rings. The van der Waals surface area contributed by atoms with E-state index in [1.807, 2.05) is 0 Å². The van der Waals surface area contributed by atoms with Crippen LogP contribution >= 0.6 is 23.1 Å². The SMILES string of the molecule is Cc1nnc(SCC(=O)Nc2sccc2C(N)=O)o1. The Bertz CT molecular complexity index is 607. The van der Waals surface area contributed by atoms with Crippen molar-refractivity contribution >= 4 is 39.9 Å². The van der Waals surface area contributed by atoms with Gasteiger partial charge in [-0.1, -0.05) is 11.8 Å². The Morgan fingerprint density at radius 2 is 2.32 bits per heavy atom. The van der Waals surface area contributed by atoms with E-state index in [-0.39, 0.29) is 11.7 Å². The predicted molar refractivity (Wildman–Crippen MR) is 71.2 cm³/mol. The van der Waals surface area contributed by atoms with Crippen LogP contribution in [0, 0.1) is 6.92 Å². The van der Waals surface area contributed by atoms with Crippen molar-refractivity contribution in [3.8, 4) is 0 Å². The number of thioether (sulfide) groups is 1. The predicted octanol–water partition coefficient (Wildman–Crippen LogP) is 1.27. The fourth-order valence-electron chi connectivity index (χ4n) is 1.23. The van der Waals surface area contributed by atoms with Gasteiger partial charge in [0.1, 0.15) is 5.00 Å². The Morgan fingerprint density at radius 1 is 1.53 bits per heavy atom. The molecule has 0 aliphatic heterocycles. The highest BCUT2D eigenvalue weighted by atomic mass is 32.2. The van der Waals surface area contributed by atoms with Gasteiger partial charge in [-0.3, -0.25) is 9.59 Å². The summed E-state index contributed by atoms with van der Waals surface area (Å²) >= 11 is 2.36. The van der Waals surface area contributed by atoms with Gasteiger partial charge in [-0.25, -0.2) is 0 Å². The molecule has 0 bridgehead atoms. The molecule has 19 heavy (non-hydrogen) atoms. The van der Waals surface area contributed by atoms with Crippen LogP contribution in [-0.2, 0) is 4.79 Å². The summed E-state index contributed by atoms with van der Waals surface area (Å²) in [4.78, 5) is 22.8. The third-order valence-corrected chi connectivity index (χ3v) is 3.67. The van der Waals surface area contributed by atoms with Crippen LogP contribution in [0.25, 0.3) is 0 Å². The molecule has 2 amide bonds. The van der Waals surface area contributed by atoms with E-state index in [9.17, 15) is 9.59 Å². The monoisotopic (exact) mass is 298 g/mol. The number of nitrogens with one attached hydrogen (secondary N) is 1. The third-order valence-electron chi connectivity index (χ3n) is 2.02. The molecular weight excluding hydrogens is 288 g/mol. The molecule has 0 saturated heterocycles. The normalized spacial score (nSPS) is 10.4. The second-order valence-electron chi connectivity index (χ2n) is 3.45. The van der Waals surface area contributed by atoms with E-state index in [0.29, 0.717) is 21.7 Å². The fourth-order valence-corrected chi connectivity index (χ4v) is 2.64. The fraction of sp³-hybridized carbons (Fsp3) is 0.200. The molecule has 0 radical (unpaired) electrons. The molecule has 9 heteroatoms. The molecule has 7 nitrogen and oxygen atoms in total. The number of primary amides is 1. The molecule has 0 unspecified atom stereocenters. The number of carbonyl (C=O) groups excluding carboxylic acids is 2. The van der Waals surface area contributed by atoms with E-state index in [4.69, 9.17) is 10.2 Å². The molecule has 0 spiro atoms. The summed E-state index contributed by atoms with van der Waals surface area (Å²) in [7, 11) is 0. The second kappa shape index (κ2) is 5.85. The number of thiophene rings is 1. The van der Waals surface area contributed by atoms with Gasteiger partial charge in [-0.15, -0.1) is 21.5 Å². The summed E-state index contributed by atoms with van der Waals surface area (Å²) in [6.45, 7) is 1.67. The first-order chi connectivity index (χ1) is 9.06. The van der Waals surface area contributed by atoms with Crippen LogP contribution in [0.2, 0.25) is 0 Å². The third kappa shape index (κ3) is 3.55. The van der Waals surface area contributed by atoms with Gasteiger partial charge in [-0.05, 0) is 11.4 Å². The Hall–Kier alpha value is -1.87. The molecule has 2 rings (SSSR count). The maximum atomic E-state index is 11.7. The number of aryl methyl sites for hydroxylation is 1. The molecule has 0 saturated carbocycles. The highest BCUT2D eigenvalue weighted by molar-refractivity contribution is 7.99. The van der Waals surface area contributed by atoms with Gasteiger partial charge in [0.2, 0.25) is 11.8 Å². The van der Waals surface area contributed by atoms with Crippen LogP contribution in [-0.4, -0.2) is 27.8 Å². The van der Waals surface area contributed by atoms with Gasteiger partial charge >= 0.3 is 0 Å². The van der Waals surface area contributed by atoms with Crippen LogP contribution in [0.15, 0.2) is 21.1 Å². The zero-order chi connectivity index (χ0) is 13.8. The van der Waals surface area contributed by atoms with E-state index in [2.05, 4.69) is 15.5 Å². The standard InChI is InChI=1S/C10H10N4O3S2/c1-5-13-14-10(17-5)19-4-7(15)12-9-6(8(11)16)2-3-18-9/h2-3H,4H2,1H3,(H2,11,16)(H,12,15). The van der Waals surface area contributed by atoms with Crippen molar-refractivity contribution in [2.75, 3.05) is 11.1 Å². The van der Waals surface area contributed by atoms with Crippen LogP contribution < -0.4 is 11.1 Å². The van der Waals surface area contributed by atoms with Gasteiger partial charge in [-0.2, -0.15) is 0 Å². The Labute approximate surface area is 116 Å². The van der Waals surface area contributed by atoms with E-state index < -0.39 is 5.91 Å². The van der Waals surface area contributed by atoms with Crippen molar-refractivity contribution in [1.29, 1.82) is 0 Å². The van der Waals surface area contributed by atoms with Gasteiger partial charge in [0, 0.05) is 6.92 Å². The molecule has 2 heterocycles. The second-order valence-corrected chi connectivity index (χ2v) is 5.29.